The van der Waals surface area contributed by atoms with E-state index in [1.165, 1.54) is 0 Å². The fourth-order valence-corrected chi connectivity index (χ4v) is 2.92. The molecule has 0 aliphatic rings. The summed E-state index contributed by atoms with van der Waals surface area (Å²) >= 11 is 0. The molecular formula is C17H16N4O. The van der Waals surface area contributed by atoms with Crippen molar-refractivity contribution in [3.63, 3.8) is 0 Å². The van der Waals surface area contributed by atoms with E-state index in [1.807, 2.05) is 20.0 Å². The van der Waals surface area contributed by atoms with Crippen LogP contribution in [-0.4, -0.2) is 26.6 Å². The van der Waals surface area contributed by atoms with Crippen molar-refractivity contribution >= 4 is 21.9 Å². The number of aryl methyl sites for hydroxylation is 2. The van der Waals surface area contributed by atoms with Crippen LogP contribution in [0.4, 0.5) is 0 Å². The fourth-order valence-electron chi connectivity index (χ4n) is 2.92. The third kappa shape index (κ3) is 1.79. The van der Waals surface area contributed by atoms with E-state index in [-0.39, 0.29) is 0 Å². The zero-order valence-corrected chi connectivity index (χ0v) is 12.7. The van der Waals surface area contributed by atoms with Crippen molar-refractivity contribution in [2.45, 2.75) is 6.92 Å². The summed E-state index contributed by atoms with van der Waals surface area (Å²) in [6.45, 7) is 1.99. The van der Waals surface area contributed by atoms with Crippen LogP contribution in [0.5, 0.6) is 5.75 Å². The van der Waals surface area contributed by atoms with E-state index in [0.29, 0.717) is 0 Å². The first kappa shape index (κ1) is 12.9. The molecular weight excluding hydrogens is 276 g/mol. The highest BCUT2D eigenvalue weighted by Crippen LogP contribution is 2.33. The number of aromatic nitrogens is 4. The smallest absolute Gasteiger partial charge is 0.141 e. The number of nitrogens with zero attached hydrogens (tertiary/aromatic N) is 3. The Bertz CT molecular complexity index is 997. The molecule has 0 bridgehead atoms. The van der Waals surface area contributed by atoms with Crippen molar-refractivity contribution < 1.29 is 4.74 Å². The van der Waals surface area contributed by atoms with E-state index in [2.05, 4.69) is 43.9 Å². The highest BCUT2D eigenvalue weighted by Gasteiger charge is 2.13. The largest absolute Gasteiger partial charge is 0.497 e. The molecule has 5 nitrogen and oxygen atoms in total. The number of ether oxygens (including phenoxy) is 1. The Labute approximate surface area is 127 Å². The SMILES string of the molecule is COc1ccc2c(c1)c(-c1cc3c(C)ncnc3[nH]1)cn2C. The first-order chi connectivity index (χ1) is 10.7. The average molecular weight is 292 g/mol. The maximum Gasteiger partial charge on any atom is 0.141 e. The standard InChI is InChI=1S/C17H16N4O/c1-10-12-7-15(20-17(12)19-9-18-10)14-8-21(2)16-5-4-11(22-3)6-13(14)16/h4-9H,1-3H3,(H,18,19,20). The Kier molecular flexibility index (Phi) is 2.69. The van der Waals surface area contributed by atoms with Gasteiger partial charge in [-0.15, -0.1) is 0 Å². The molecule has 1 aromatic carbocycles. The Hall–Kier alpha value is -2.82. The molecule has 110 valence electrons. The van der Waals surface area contributed by atoms with Crippen LogP contribution >= 0.6 is 0 Å². The topological polar surface area (TPSA) is 55.7 Å². The highest BCUT2D eigenvalue weighted by atomic mass is 16.5. The maximum absolute atomic E-state index is 5.36. The molecule has 0 aliphatic carbocycles. The number of hydrogen-bond acceptors (Lipinski definition) is 3. The first-order valence-corrected chi connectivity index (χ1v) is 7.11. The highest BCUT2D eigenvalue weighted by molar-refractivity contribution is 5.98. The summed E-state index contributed by atoms with van der Waals surface area (Å²) in [6.07, 6.45) is 3.71. The lowest BCUT2D eigenvalue weighted by molar-refractivity contribution is 0.415. The van der Waals surface area contributed by atoms with Gasteiger partial charge in [-0.05, 0) is 31.2 Å². The Morgan fingerprint density at radius 3 is 2.77 bits per heavy atom. The molecule has 0 saturated heterocycles. The molecule has 1 N–H and O–H groups in total. The van der Waals surface area contributed by atoms with Crippen LogP contribution in [0.15, 0.2) is 36.8 Å². The van der Waals surface area contributed by atoms with Gasteiger partial charge in [0.05, 0.1) is 12.8 Å². The number of nitrogens with one attached hydrogen (secondary N) is 1. The lowest BCUT2D eigenvalue weighted by Gasteiger charge is -2.01. The normalized spacial score (nSPS) is 11.4. The molecule has 0 atom stereocenters. The molecule has 4 rings (SSSR count). The van der Waals surface area contributed by atoms with Crippen molar-refractivity contribution in [1.29, 1.82) is 0 Å². The van der Waals surface area contributed by atoms with E-state index in [0.717, 1.165) is 44.6 Å². The van der Waals surface area contributed by atoms with Gasteiger partial charge in [0.2, 0.25) is 0 Å². The van der Waals surface area contributed by atoms with Crippen molar-refractivity contribution in [3.05, 3.63) is 42.5 Å². The van der Waals surface area contributed by atoms with Crippen LogP contribution in [0, 0.1) is 6.92 Å². The number of benzene rings is 1. The van der Waals surface area contributed by atoms with Crippen molar-refractivity contribution in [2.24, 2.45) is 7.05 Å². The van der Waals surface area contributed by atoms with E-state index < -0.39 is 0 Å². The van der Waals surface area contributed by atoms with Gasteiger partial charge >= 0.3 is 0 Å². The van der Waals surface area contributed by atoms with Crippen LogP contribution in [0.2, 0.25) is 0 Å². The lowest BCUT2D eigenvalue weighted by atomic mass is 10.1. The third-order valence-corrected chi connectivity index (χ3v) is 4.11. The van der Waals surface area contributed by atoms with Crippen molar-refractivity contribution in [3.8, 4) is 17.0 Å². The van der Waals surface area contributed by atoms with Gasteiger partial charge in [-0.2, -0.15) is 0 Å². The molecule has 0 radical (unpaired) electrons. The van der Waals surface area contributed by atoms with E-state index in [9.17, 15) is 0 Å². The first-order valence-electron chi connectivity index (χ1n) is 7.11. The Morgan fingerprint density at radius 2 is 2.00 bits per heavy atom. The van der Waals surface area contributed by atoms with Gasteiger partial charge in [-0.3, -0.25) is 0 Å². The van der Waals surface area contributed by atoms with Crippen LogP contribution in [0.1, 0.15) is 5.69 Å². The second-order valence-corrected chi connectivity index (χ2v) is 5.44. The molecule has 0 fully saturated rings. The summed E-state index contributed by atoms with van der Waals surface area (Å²) in [7, 11) is 3.73. The number of methoxy groups -OCH3 is 1. The van der Waals surface area contributed by atoms with Crippen molar-refractivity contribution in [2.75, 3.05) is 7.11 Å². The number of fused-ring (bicyclic) bond motifs is 2. The average Bonchev–Trinajstić information content (AvgIpc) is 3.09. The van der Waals surface area contributed by atoms with Gasteiger partial charge in [-0.1, -0.05) is 0 Å². The Morgan fingerprint density at radius 1 is 1.14 bits per heavy atom. The molecule has 22 heavy (non-hydrogen) atoms. The fraction of sp³-hybridized carbons (Fsp3) is 0.176. The summed E-state index contributed by atoms with van der Waals surface area (Å²) in [6, 6.07) is 8.23. The molecule has 3 aromatic heterocycles. The molecule has 0 aliphatic heterocycles. The molecule has 0 spiro atoms. The maximum atomic E-state index is 5.36. The van der Waals surface area contributed by atoms with Crippen LogP contribution in [-0.2, 0) is 7.05 Å². The zero-order chi connectivity index (χ0) is 15.3. The van der Waals surface area contributed by atoms with Gasteiger partial charge in [0.25, 0.3) is 0 Å². The number of H-pyrrole nitrogens is 1. The molecule has 5 heteroatoms. The van der Waals surface area contributed by atoms with Crippen LogP contribution in [0.3, 0.4) is 0 Å². The number of rotatable bonds is 2. The van der Waals surface area contributed by atoms with Gasteiger partial charge in [0.15, 0.2) is 0 Å². The predicted octanol–water partition coefficient (Wildman–Crippen LogP) is 3.43. The zero-order valence-electron chi connectivity index (χ0n) is 12.7. The van der Waals surface area contributed by atoms with Crippen LogP contribution in [0.25, 0.3) is 33.2 Å². The quantitative estimate of drug-likeness (QED) is 0.616. The number of hydrogen-bond donors (Lipinski definition) is 1. The van der Waals surface area contributed by atoms with E-state index in [1.54, 1.807) is 13.4 Å². The van der Waals surface area contributed by atoms with Gasteiger partial charge in [0, 0.05) is 40.8 Å². The number of aromatic amines is 1. The summed E-state index contributed by atoms with van der Waals surface area (Å²) in [5.41, 5.74) is 5.18. The molecule has 0 saturated carbocycles. The van der Waals surface area contributed by atoms with Crippen molar-refractivity contribution in [1.82, 2.24) is 19.5 Å². The minimum Gasteiger partial charge on any atom is -0.497 e. The molecule has 3 heterocycles. The summed E-state index contributed by atoms with van der Waals surface area (Å²) in [5.74, 6) is 0.854. The molecule has 0 amide bonds. The second kappa shape index (κ2) is 4.59. The molecule has 0 unspecified atom stereocenters. The Balaban J connectivity index is 2.01. The minimum absolute atomic E-state index is 0.854. The molecule has 4 aromatic rings. The van der Waals surface area contributed by atoms with E-state index in [4.69, 9.17) is 4.74 Å². The summed E-state index contributed by atoms with van der Waals surface area (Å²) in [4.78, 5) is 12.0. The summed E-state index contributed by atoms with van der Waals surface area (Å²) in [5, 5.41) is 2.21. The van der Waals surface area contributed by atoms with E-state index >= 15 is 0 Å². The summed E-state index contributed by atoms with van der Waals surface area (Å²) < 4.78 is 7.48. The second-order valence-electron chi connectivity index (χ2n) is 5.44. The van der Waals surface area contributed by atoms with Gasteiger partial charge < -0.3 is 14.3 Å². The third-order valence-electron chi connectivity index (χ3n) is 4.11. The lowest BCUT2D eigenvalue weighted by Crippen LogP contribution is -1.85. The minimum atomic E-state index is 0.854. The van der Waals surface area contributed by atoms with Gasteiger partial charge in [0.1, 0.15) is 17.7 Å². The predicted molar refractivity (Wildman–Crippen MR) is 87.1 cm³/mol. The van der Waals surface area contributed by atoms with Crippen LogP contribution < -0.4 is 4.74 Å². The van der Waals surface area contributed by atoms with Gasteiger partial charge in [-0.25, -0.2) is 9.97 Å². The monoisotopic (exact) mass is 292 g/mol.